The van der Waals surface area contributed by atoms with Gasteiger partial charge in [0.05, 0.1) is 11.9 Å². The van der Waals surface area contributed by atoms with Gasteiger partial charge in [-0.1, -0.05) is 25.3 Å². The standard InChI is InChI=1S/C17H26N2O3S2/c1-13-15(9-6-10-16(13)19-24(2,21)22)17(20)18-11-12-23-14-7-4-3-5-8-14/h6,9-10,14,19H,3-5,7-8,11-12H2,1-2H3,(H,18,20). The highest BCUT2D eigenvalue weighted by molar-refractivity contribution is 7.99. The summed E-state index contributed by atoms with van der Waals surface area (Å²) in [5.74, 6) is 0.755. The van der Waals surface area contributed by atoms with Gasteiger partial charge in [0.25, 0.3) is 5.91 Å². The zero-order valence-corrected chi connectivity index (χ0v) is 15.9. The average Bonchev–Trinajstić information content (AvgIpc) is 2.53. The Morgan fingerprint density at radius 3 is 2.62 bits per heavy atom. The first-order valence-electron chi connectivity index (χ1n) is 8.34. The van der Waals surface area contributed by atoms with Crippen molar-refractivity contribution in [3.05, 3.63) is 29.3 Å². The van der Waals surface area contributed by atoms with Crippen molar-refractivity contribution in [1.29, 1.82) is 0 Å². The average molecular weight is 371 g/mol. The van der Waals surface area contributed by atoms with E-state index in [1.165, 1.54) is 32.1 Å². The molecule has 2 N–H and O–H groups in total. The van der Waals surface area contributed by atoms with Crippen molar-refractivity contribution in [1.82, 2.24) is 5.32 Å². The number of thioether (sulfide) groups is 1. The lowest BCUT2D eigenvalue weighted by Crippen LogP contribution is -2.27. The second-order valence-electron chi connectivity index (χ2n) is 6.24. The molecular weight excluding hydrogens is 344 g/mol. The molecule has 7 heteroatoms. The second kappa shape index (κ2) is 8.76. The van der Waals surface area contributed by atoms with Crippen molar-refractivity contribution < 1.29 is 13.2 Å². The topological polar surface area (TPSA) is 75.3 Å². The molecule has 0 aliphatic heterocycles. The molecule has 1 saturated carbocycles. The van der Waals surface area contributed by atoms with Crippen LogP contribution in [-0.4, -0.2) is 38.1 Å². The van der Waals surface area contributed by atoms with Gasteiger partial charge < -0.3 is 5.32 Å². The Labute approximate surface area is 149 Å². The Balaban J connectivity index is 1.86. The minimum atomic E-state index is -3.36. The van der Waals surface area contributed by atoms with Crippen LogP contribution in [0, 0.1) is 6.92 Å². The molecule has 0 radical (unpaired) electrons. The third-order valence-corrected chi connectivity index (χ3v) is 6.14. The van der Waals surface area contributed by atoms with E-state index in [2.05, 4.69) is 10.0 Å². The summed E-state index contributed by atoms with van der Waals surface area (Å²) in [6.07, 6.45) is 7.67. The molecule has 24 heavy (non-hydrogen) atoms. The van der Waals surface area contributed by atoms with Crippen molar-refractivity contribution in [3.63, 3.8) is 0 Å². The van der Waals surface area contributed by atoms with Gasteiger partial charge >= 0.3 is 0 Å². The normalized spacial score (nSPS) is 15.9. The Hall–Kier alpha value is -1.21. The van der Waals surface area contributed by atoms with Gasteiger partial charge in [-0.25, -0.2) is 8.42 Å². The third kappa shape index (κ3) is 6.02. The second-order valence-corrected chi connectivity index (χ2v) is 9.40. The zero-order chi connectivity index (χ0) is 17.6. The number of nitrogens with one attached hydrogen (secondary N) is 2. The predicted octanol–water partition coefficient (Wildman–Crippen LogP) is 3.16. The summed E-state index contributed by atoms with van der Waals surface area (Å²) >= 11 is 1.94. The number of anilines is 1. The van der Waals surface area contributed by atoms with Gasteiger partial charge in [-0.15, -0.1) is 0 Å². The van der Waals surface area contributed by atoms with Crippen molar-refractivity contribution in [2.75, 3.05) is 23.3 Å². The van der Waals surface area contributed by atoms with Gasteiger partial charge in [-0.3, -0.25) is 9.52 Å². The fourth-order valence-corrected chi connectivity index (χ4v) is 4.75. The van der Waals surface area contributed by atoms with E-state index < -0.39 is 10.0 Å². The molecule has 1 aliphatic carbocycles. The van der Waals surface area contributed by atoms with Crippen LogP contribution in [0.1, 0.15) is 48.0 Å². The van der Waals surface area contributed by atoms with Crippen molar-refractivity contribution in [3.8, 4) is 0 Å². The van der Waals surface area contributed by atoms with E-state index in [4.69, 9.17) is 0 Å². The number of carbonyl (C=O) groups is 1. The van der Waals surface area contributed by atoms with Crippen molar-refractivity contribution in [2.45, 2.75) is 44.3 Å². The van der Waals surface area contributed by atoms with Crippen LogP contribution in [-0.2, 0) is 10.0 Å². The number of amides is 1. The van der Waals surface area contributed by atoms with Crippen LogP contribution in [0.3, 0.4) is 0 Å². The molecule has 0 saturated heterocycles. The smallest absolute Gasteiger partial charge is 0.251 e. The van der Waals surface area contributed by atoms with Gasteiger partial charge in [-0.05, 0) is 37.5 Å². The fraction of sp³-hybridized carbons (Fsp3) is 0.588. The van der Waals surface area contributed by atoms with Gasteiger partial charge in [0.1, 0.15) is 0 Å². The summed E-state index contributed by atoms with van der Waals surface area (Å²) in [6, 6.07) is 5.06. The molecule has 5 nitrogen and oxygen atoms in total. The van der Waals surface area contributed by atoms with Crippen molar-refractivity contribution >= 4 is 33.4 Å². The summed E-state index contributed by atoms with van der Waals surface area (Å²) in [4.78, 5) is 12.3. The van der Waals surface area contributed by atoms with E-state index in [1.807, 2.05) is 11.8 Å². The van der Waals surface area contributed by atoms with E-state index >= 15 is 0 Å². The molecule has 0 heterocycles. The maximum absolute atomic E-state index is 12.3. The molecule has 1 aromatic carbocycles. The van der Waals surface area contributed by atoms with Crippen LogP contribution in [0.2, 0.25) is 0 Å². The maximum atomic E-state index is 12.3. The lowest BCUT2D eigenvalue weighted by atomic mass is 10.0. The Kier molecular flexibility index (Phi) is 6.98. The highest BCUT2D eigenvalue weighted by atomic mass is 32.2. The summed E-state index contributed by atoms with van der Waals surface area (Å²) in [7, 11) is -3.36. The van der Waals surface area contributed by atoms with Crippen LogP contribution < -0.4 is 10.0 Å². The minimum Gasteiger partial charge on any atom is -0.351 e. The number of sulfonamides is 1. The lowest BCUT2D eigenvalue weighted by Gasteiger charge is -2.21. The quantitative estimate of drug-likeness (QED) is 0.723. The Morgan fingerprint density at radius 1 is 1.25 bits per heavy atom. The summed E-state index contributed by atoms with van der Waals surface area (Å²) in [5.41, 5.74) is 1.59. The summed E-state index contributed by atoms with van der Waals surface area (Å²) in [5, 5.41) is 3.67. The van der Waals surface area contributed by atoms with Crippen LogP contribution >= 0.6 is 11.8 Å². The maximum Gasteiger partial charge on any atom is 0.251 e. The monoisotopic (exact) mass is 370 g/mol. The van der Waals surface area contributed by atoms with E-state index in [0.717, 1.165) is 17.3 Å². The van der Waals surface area contributed by atoms with Gasteiger partial charge in [-0.2, -0.15) is 11.8 Å². The van der Waals surface area contributed by atoms with Crippen molar-refractivity contribution in [2.24, 2.45) is 0 Å². The first-order valence-corrected chi connectivity index (χ1v) is 11.3. The molecule has 1 fully saturated rings. The van der Waals surface area contributed by atoms with Crippen LogP contribution in [0.4, 0.5) is 5.69 Å². The highest BCUT2D eigenvalue weighted by Crippen LogP contribution is 2.27. The molecule has 0 atom stereocenters. The zero-order valence-electron chi connectivity index (χ0n) is 14.3. The highest BCUT2D eigenvalue weighted by Gasteiger charge is 2.15. The minimum absolute atomic E-state index is 0.158. The summed E-state index contributed by atoms with van der Waals surface area (Å²) in [6.45, 7) is 2.38. The third-order valence-electron chi connectivity index (χ3n) is 4.17. The molecule has 2 rings (SSSR count). The number of rotatable bonds is 7. The van der Waals surface area contributed by atoms with E-state index in [-0.39, 0.29) is 5.91 Å². The molecule has 0 bridgehead atoms. The van der Waals surface area contributed by atoms with Crippen LogP contribution in [0.15, 0.2) is 18.2 Å². The van der Waals surface area contributed by atoms with Crippen LogP contribution in [0.5, 0.6) is 0 Å². The molecule has 0 unspecified atom stereocenters. The molecule has 1 amide bonds. The molecule has 0 aromatic heterocycles. The molecule has 134 valence electrons. The fourth-order valence-electron chi connectivity index (χ4n) is 2.91. The van der Waals surface area contributed by atoms with Gasteiger partial charge in [0.15, 0.2) is 0 Å². The Bertz CT molecular complexity index is 668. The molecule has 1 aliphatic rings. The molecule has 1 aromatic rings. The molecular formula is C17H26N2O3S2. The lowest BCUT2D eigenvalue weighted by molar-refractivity contribution is 0.0955. The van der Waals surface area contributed by atoms with Gasteiger partial charge in [0, 0.05) is 23.1 Å². The number of hydrogen-bond acceptors (Lipinski definition) is 4. The van der Waals surface area contributed by atoms with Crippen LogP contribution in [0.25, 0.3) is 0 Å². The largest absolute Gasteiger partial charge is 0.351 e. The van der Waals surface area contributed by atoms with E-state index in [1.54, 1.807) is 25.1 Å². The first kappa shape index (κ1) is 19.1. The first-order chi connectivity index (χ1) is 11.4. The SMILES string of the molecule is Cc1c(NS(C)(=O)=O)cccc1C(=O)NCCSC1CCCCC1. The number of hydrogen-bond donors (Lipinski definition) is 2. The summed E-state index contributed by atoms with van der Waals surface area (Å²) < 4.78 is 25.2. The van der Waals surface area contributed by atoms with E-state index in [9.17, 15) is 13.2 Å². The number of benzene rings is 1. The van der Waals surface area contributed by atoms with Gasteiger partial charge in [0.2, 0.25) is 10.0 Å². The Morgan fingerprint density at radius 2 is 1.96 bits per heavy atom. The predicted molar refractivity (Wildman–Crippen MR) is 101 cm³/mol. The van der Waals surface area contributed by atoms with E-state index in [0.29, 0.717) is 23.4 Å². The number of carbonyl (C=O) groups excluding carboxylic acids is 1. The molecule has 0 spiro atoms.